The van der Waals surface area contributed by atoms with Gasteiger partial charge in [-0.1, -0.05) is 11.6 Å². The van der Waals surface area contributed by atoms with Gasteiger partial charge in [0.1, 0.15) is 5.15 Å². The quantitative estimate of drug-likeness (QED) is 0.783. The van der Waals surface area contributed by atoms with E-state index < -0.39 is 5.69 Å². The summed E-state index contributed by atoms with van der Waals surface area (Å²) in [6.07, 6.45) is 1.61. The zero-order valence-electron chi connectivity index (χ0n) is 9.40. The van der Waals surface area contributed by atoms with Crippen LogP contribution >= 0.6 is 11.6 Å². The summed E-state index contributed by atoms with van der Waals surface area (Å²) in [6.45, 7) is 1.74. The van der Waals surface area contributed by atoms with Gasteiger partial charge in [0, 0.05) is 18.8 Å². The number of hydrogen-bond acceptors (Lipinski definition) is 3. The van der Waals surface area contributed by atoms with E-state index in [4.69, 9.17) is 11.6 Å². The number of hydrogen-bond donors (Lipinski definition) is 1. The lowest BCUT2D eigenvalue weighted by Crippen LogP contribution is -2.37. The van der Waals surface area contributed by atoms with E-state index in [-0.39, 0.29) is 17.3 Å². The maximum absolute atomic E-state index is 11.9. The zero-order valence-corrected chi connectivity index (χ0v) is 10.2. The molecule has 2 heterocycles. The number of H-pyrrole nitrogens is 1. The molecule has 0 atom stereocenters. The first kappa shape index (κ1) is 11.7. The highest BCUT2D eigenvalue weighted by atomic mass is 35.5. The predicted molar refractivity (Wildman–Crippen MR) is 63.4 cm³/mol. The Morgan fingerprint density at radius 2 is 2.18 bits per heavy atom. The van der Waals surface area contributed by atoms with Crippen LogP contribution in [0.4, 0.5) is 0 Å². The Morgan fingerprint density at radius 1 is 1.47 bits per heavy atom. The number of aromatic amines is 1. The summed E-state index contributed by atoms with van der Waals surface area (Å²) in [7, 11) is 1.75. The number of aromatic nitrogens is 4. The van der Waals surface area contributed by atoms with Crippen molar-refractivity contribution in [2.75, 3.05) is 0 Å². The largest absolute Gasteiger partial charge is 0.329 e. The summed E-state index contributed by atoms with van der Waals surface area (Å²) < 4.78 is 2.70. The fraction of sp³-hybridized carbons (Fsp3) is 0.300. The Balaban J connectivity index is 2.55. The maximum atomic E-state index is 11.9. The third-order valence-electron chi connectivity index (χ3n) is 2.60. The van der Waals surface area contributed by atoms with Crippen LogP contribution in [0.15, 0.2) is 21.9 Å². The third kappa shape index (κ3) is 2.03. The van der Waals surface area contributed by atoms with Crippen molar-refractivity contribution in [1.29, 1.82) is 0 Å². The normalized spacial score (nSPS) is 10.8. The maximum Gasteiger partial charge on any atom is 0.329 e. The fourth-order valence-electron chi connectivity index (χ4n) is 1.51. The highest BCUT2D eigenvalue weighted by Crippen LogP contribution is 2.04. The minimum atomic E-state index is -0.521. The van der Waals surface area contributed by atoms with E-state index in [2.05, 4.69) is 10.1 Å². The summed E-state index contributed by atoms with van der Waals surface area (Å²) in [5.74, 6) is 0. The van der Waals surface area contributed by atoms with Crippen LogP contribution in [0.1, 0.15) is 11.3 Å². The number of nitrogens with one attached hydrogen (secondary N) is 1. The molecule has 7 heteroatoms. The van der Waals surface area contributed by atoms with Crippen molar-refractivity contribution < 1.29 is 0 Å². The highest BCUT2D eigenvalue weighted by Gasteiger charge is 2.10. The zero-order chi connectivity index (χ0) is 12.6. The van der Waals surface area contributed by atoms with Crippen molar-refractivity contribution in [2.24, 2.45) is 7.05 Å². The summed E-state index contributed by atoms with van der Waals surface area (Å²) in [5.41, 5.74) is 0.180. The molecule has 0 saturated heterocycles. The van der Waals surface area contributed by atoms with Gasteiger partial charge >= 0.3 is 5.69 Å². The topological polar surface area (TPSA) is 72.7 Å². The molecule has 0 aliphatic heterocycles. The first-order chi connectivity index (χ1) is 8.00. The van der Waals surface area contributed by atoms with Crippen LogP contribution in [0.25, 0.3) is 0 Å². The second-order valence-corrected chi connectivity index (χ2v) is 4.08. The lowest BCUT2D eigenvalue weighted by atomic mass is 10.3. The number of aryl methyl sites for hydroxylation is 1. The molecule has 0 radical (unpaired) electrons. The second kappa shape index (κ2) is 4.21. The van der Waals surface area contributed by atoms with Gasteiger partial charge in [-0.15, -0.1) is 0 Å². The van der Waals surface area contributed by atoms with Gasteiger partial charge in [0.15, 0.2) is 0 Å². The number of halogens is 1. The number of rotatable bonds is 2. The molecule has 2 rings (SSSR count). The second-order valence-electron chi connectivity index (χ2n) is 3.71. The van der Waals surface area contributed by atoms with Gasteiger partial charge in [0.2, 0.25) is 0 Å². The monoisotopic (exact) mass is 254 g/mol. The first-order valence-corrected chi connectivity index (χ1v) is 5.34. The average Bonchev–Trinajstić information content (AvgIpc) is 2.67. The van der Waals surface area contributed by atoms with Crippen LogP contribution in [0.5, 0.6) is 0 Å². The van der Waals surface area contributed by atoms with Gasteiger partial charge in [-0.25, -0.2) is 4.79 Å². The van der Waals surface area contributed by atoms with Crippen LogP contribution in [-0.4, -0.2) is 19.3 Å². The molecule has 6 nitrogen and oxygen atoms in total. The molecule has 90 valence electrons. The average molecular weight is 255 g/mol. The SMILES string of the molecule is Cc1c(Cl)[nH]c(=O)n(Cc2ccnn2C)c1=O. The van der Waals surface area contributed by atoms with Crippen molar-refractivity contribution >= 4 is 11.6 Å². The minimum absolute atomic E-state index is 0.0845. The molecule has 2 aromatic heterocycles. The van der Waals surface area contributed by atoms with Crippen LogP contribution in [0.2, 0.25) is 5.15 Å². The molecule has 0 aliphatic rings. The molecule has 2 aromatic rings. The van der Waals surface area contributed by atoms with Gasteiger partial charge in [-0.05, 0) is 13.0 Å². The first-order valence-electron chi connectivity index (χ1n) is 4.97. The summed E-state index contributed by atoms with van der Waals surface area (Å²) in [5, 5.41) is 4.06. The van der Waals surface area contributed by atoms with Crippen LogP contribution in [0.3, 0.4) is 0 Å². The van der Waals surface area contributed by atoms with E-state index in [1.54, 1.807) is 30.9 Å². The van der Waals surface area contributed by atoms with Crippen LogP contribution in [0, 0.1) is 6.92 Å². The summed E-state index contributed by atoms with van der Waals surface area (Å²) >= 11 is 5.72. The molecule has 0 aliphatic carbocycles. The fourth-order valence-corrected chi connectivity index (χ4v) is 1.67. The molecular weight excluding hydrogens is 244 g/mol. The van der Waals surface area contributed by atoms with Gasteiger partial charge < -0.3 is 0 Å². The molecule has 0 aromatic carbocycles. The van der Waals surface area contributed by atoms with Gasteiger partial charge in [0.05, 0.1) is 12.2 Å². The molecule has 0 amide bonds. The molecule has 0 fully saturated rings. The molecular formula is C10H11ClN4O2. The minimum Gasteiger partial charge on any atom is -0.297 e. The Hall–Kier alpha value is -1.82. The number of nitrogens with zero attached hydrogens (tertiary/aromatic N) is 3. The molecule has 0 saturated carbocycles. The van der Waals surface area contributed by atoms with E-state index in [9.17, 15) is 9.59 Å². The standard InChI is InChI=1S/C10H11ClN4O2/c1-6-8(11)13-10(17)15(9(6)16)5-7-3-4-12-14(7)2/h3-4H,5H2,1-2H3,(H,13,17). The van der Waals surface area contributed by atoms with Crippen molar-refractivity contribution in [3.05, 3.63) is 49.5 Å². The van der Waals surface area contributed by atoms with Crippen molar-refractivity contribution in [3.8, 4) is 0 Å². The predicted octanol–water partition coefficient (Wildman–Crippen LogP) is 0.280. The molecule has 0 spiro atoms. The van der Waals surface area contributed by atoms with E-state index in [0.29, 0.717) is 5.56 Å². The van der Waals surface area contributed by atoms with E-state index in [1.165, 1.54) is 0 Å². The Morgan fingerprint density at radius 3 is 2.76 bits per heavy atom. The third-order valence-corrected chi connectivity index (χ3v) is 2.98. The molecule has 0 unspecified atom stereocenters. The van der Waals surface area contributed by atoms with Crippen molar-refractivity contribution in [2.45, 2.75) is 13.5 Å². The highest BCUT2D eigenvalue weighted by molar-refractivity contribution is 6.30. The molecule has 0 bridgehead atoms. The molecule has 17 heavy (non-hydrogen) atoms. The van der Waals surface area contributed by atoms with Crippen molar-refractivity contribution in [3.63, 3.8) is 0 Å². The smallest absolute Gasteiger partial charge is 0.297 e. The Labute approximate surface area is 101 Å². The lowest BCUT2D eigenvalue weighted by molar-refractivity contribution is 0.626. The van der Waals surface area contributed by atoms with Crippen molar-refractivity contribution in [1.82, 2.24) is 19.3 Å². The van der Waals surface area contributed by atoms with Gasteiger partial charge in [-0.2, -0.15) is 5.10 Å². The van der Waals surface area contributed by atoms with E-state index in [1.807, 2.05) is 0 Å². The molecule has 1 N–H and O–H groups in total. The van der Waals surface area contributed by atoms with Crippen LogP contribution < -0.4 is 11.2 Å². The Bertz CT molecular complexity index is 668. The summed E-state index contributed by atoms with van der Waals surface area (Å²) in [4.78, 5) is 25.9. The van der Waals surface area contributed by atoms with Crippen LogP contribution in [-0.2, 0) is 13.6 Å². The van der Waals surface area contributed by atoms with Gasteiger partial charge in [0.25, 0.3) is 5.56 Å². The Kier molecular flexibility index (Phi) is 2.89. The summed E-state index contributed by atoms with van der Waals surface area (Å²) in [6, 6.07) is 1.75. The van der Waals surface area contributed by atoms with E-state index >= 15 is 0 Å². The van der Waals surface area contributed by atoms with Gasteiger partial charge in [-0.3, -0.25) is 19.0 Å². The lowest BCUT2D eigenvalue weighted by Gasteiger charge is -2.06. The van der Waals surface area contributed by atoms with E-state index in [0.717, 1.165) is 10.3 Å².